The van der Waals surface area contributed by atoms with Crippen molar-refractivity contribution in [2.24, 2.45) is 0 Å². The Bertz CT molecular complexity index is 852. The maximum atomic E-state index is 12.7. The molecule has 0 bridgehead atoms. The smallest absolute Gasteiger partial charge is 0.416 e. The first-order valence-corrected chi connectivity index (χ1v) is 11.0. The summed E-state index contributed by atoms with van der Waals surface area (Å²) in [5.74, 6) is 1.82. The minimum absolute atomic E-state index is 0.102. The standard InChI is InChI=1S/C22H27F3O4S.CO2/c1-4-11-27-21-10-9-20(12-16(21)2)30-14-19(29-15-26-3)13-28-18-7-5-17(6-8-18)22(23,24)25;2-1-3/h5-10,12,19H,4,11,13-15H2,1-3H3;. The van der Waals surface area contributed by atoms with Crippen LogP contribution >= 0.6 is 11.8 Å². The number of ether oxygens (including phenoxy) is 4. The topological polar surface area (TPSA) is 71.1 Å². The highest BCUT2D eigenvalue weighted by molar-refractivity contribution is 7.99. The quantitative estimate of drug-likeness (QED) is 0.293. The van der Waals surface area contributed by atoms with Crippen LogP contribution in [-0.4, -0.2) is 45.1 Å². The van der Waals surface area contributed by atoms with Gasteiger partial charge in [0.15, 0.2) is 0 Å². The summed E-state index contributed by atoms with van der Waals surface area (Å²) in [6.07, 6.45) is -3.46. The van der Waals surface area contributed by atoms with Gasteiger partial charge in [0.05, 0.1) is 12.2 Å². The highest BCUT2D eigenvalue weighted by Gasteiger charge is 2.30. The summed E-state index contributed by atoms with van der Waals surface area (Å²) in [5, 5.41) is 0. The zero-order chi connectivity index (χ0) is 24.7. The maximum Gasteiger partial charge on any atom is 0.416 e. The fourth-order valence-corrected chi connectivity index (χ4v) is 3.51. The van der Waals surface area contributed by atoms with Crippen molar-refractivity contribution in [2.75, 3.05) is 32.9 Å². The molecule has 0 spiro atoms. The Kier molecular flexibility index (Phi) is 13.3. The number of carbonyl (C=O) groups excluding carboxylic acids is 2. The van der Waals surface area contributed by atoms with E-state index >= 15 is 0 Å². The molecule has 0 fully saturated rings. The monoisotopic (exact) mass is 488 g/mol. The Morgan fingerprint density at radius 3 is 2.27 bits per heavy atom. The number of hydrogen-bond acceptors (Lipinski definition) is 7. The van der Waals surface area contributed by atoms with Crippen LogP contribution in [0.25, 0.3) is 0 Å². The molecule has 0 amide bonds. The fraction of sp³-hybridized carbons (Fsp3) is 0.435. The number of rotatable bonds is 12. The molecule has 6 nitrogen and oxygen atoms in total. The molecule has 0 aliphatic carbocycles. The van der Waals surface area contributed by atoms with Gasteiger partial charge in [0.25, 0.3) is 0 Å². The van der Waals surface area contributed by atoms with Crippen molar-refractivity contribution in [2.45, 2.75) is 37.4 Å². The highest BCUT2D eigenvalue weighted by Crippen LogP contribution is 2.30. The summed E-state index contributed by atoms with van der Waals surface area (Å²) >= 11 is 1.60. The van der Waals surface area contributed by atoms with Crippen LogP contribution in [-0.2, 0) is 25.2 Å². The number of hydrogen-bond donors (Lipinski definition) is 0. The Morgan fingerprint density at radius 1 is 1.06 bits per heavy atom. The van der Waals surface area contributed by atoms with Gasteiger partial charge in [-0.1, -0.05) is 6.92 Å². The first-order valence-electron chi connectivity index (χ1n) is 10.0. The van der Waals surface area contributed by atoms with Gasteiger partial charge in [-0.2, -0.15) is 22.8 Å². The number of thioether (sulfide) groups is 1. The molecule has 10 heteroatoms. The molecule has 0 saturated heterocycles. The van der Waals surface area contributed by atoms with Crippen molar-refractivity contribution >= 4 is 17.9 Å². The van der Waals surface area contributed by atoms with Crippen LogP contribution in [0.1, 0.15) is 24.5 Å². The first kappa shape index (κ1) is 28.5. The number of alkyl halides is 3. The van der Waals surface area contributed by atoms with Crippen LogP contribution in [0, 0.1) is 6.92 Å². The zero-order valence-corrected chi connectivity index (χ0v) is 19.5. The molecule has 0 saturated carbocycles. The van der Waals surface area contributed by atoms with E-state index in [4.69, 9.17) is 28.5 Å². The lowest BCUT2D eigenvalue weighted by molar-refractivity contribution is -0.191. The van der Waals surface area contributed by atoms with Crippen LogP contribution in [0.15, 0.2) is 47.4 Å². The maximum absolute atomic E-state index is 12.7. The third kappa shape index (κ3) is 11.3. The van der Waals surface area contributed by atoms with Gasteiger partial charge in [-0.25, -0.2) is 0 Å². The third-order valence-electron chi connectivity index (χ3n) is 4.08. The summed E-state index contributed by atoms with van der Waals surface area (Å²) in [6.45, 7) is 5.04. The van der Waals surface area contributed by atoms with Gasteiger partial charge in [0.2, 0.25) is 0 Å². The minimum Gasteiger partial charge on any atom is -0.493 e. The molecule has 182 valence electrons. The average Bonchev–Trinajstić information content (AvgIpc) is 2.78. The van der Waals surface area contributed by atoms with Crippen molar-refractivity contribution in [3.8, 4) is 11.5 Å². The molecule has 0 heterocycles. The van der Waals surface area contributed by atoms with E-state index in [9.17, 15) is 13.2 Å². The lowest BCUT2D eigenvalue weighted by atomic mass is 10.2. The molecular weight excluding hydrogens is 461 g/mol. The summed E-state index contributed by atoms with van der Waals surface area (Å²) in [4.78, 5) is 17.3. The van der Waals surface area contributed by atoms with Gasteiger partial charge in [0.1, 0.15) is 31.0 Å². The molecule has 2 aromatic rings. The van der Waals surface area contributed by atoms with Crippen LogP contribution in [0.4, 0.5) is 13.2 Å². The van der Waals surface area contributed by atoms with Crippen LogP contribution in [0.3, 0.4) is 0 Å². The lowest BCUT2D eigenvalue weighted by Crippen LogP contribution is -2.25. The molecule has 1 atom stereocenters. The number of benzene rings is 2. The van der Waals surface area contributed by atoms with E-state index in [2.05, 4.69) is 13.0 Å². The van der Waals surface area contributed by atoms with Gasteiger partial charge in [0, 0.05) is 17.8 Å². The summed E-state index contributed by atoms with van der Waals surface area (Å²) in [5.41, 5.74) is 0.350. The van der Waals surface area contributed by atoms with E-state index in [1.54, 1.807) is 11.8 Å². The van der Waals surface area contributed by atoms with Gasteiger partial charge in [-0.3, -0.25) is 0 Å². The molecule has 0 aromatic heterocycles. The predicted octanol–water partition coefficient (Wildman–Crippen LogP) is 5.38. The number of methoxy groups -OCH3 is 1. The summed E-state index contributed by atoms with van der Waals surface area (Å²) in [6, 6.07) is 10.6. The van der Waals surface area contributed by atoms with Crippen molar-refractivity contribution in [1.29, 1.82) is 0 Å². The lowest BCUT2D eigenvalue weighted by Gasteiger charge is -2.18. The van der Waals surface area contributed by atoms with Crippen LogP contribution < -0.4 is 9.47 Å². The third-order valence-corrected chi connectivity index (χ3v) is 5.21. The molecule has 2 rings (SSSR count). The second-order valence-electron chi connectivity index (χ2n) is 6.70. The van der Waals surface area contributed by atoms with Crippen molar-refractivity contribution < 1.29 is 41.7 Å². The SMILES string of the molecule is CCCOc1ccc(SCC(COc2ccc(C(F)(F)F)cc2)OCOC)cc1C.O=C=O. The van der Waals surface area contributed by atoms with E-state index in [-0.39, 0.29) is 25.7 Å². The van der Waals surface area contributed by atoms with Crippen molar-refractivity contribution in [3.05, 3.63) is 53.6 Å². The Labute approximate surface area is 195 Å². The van der Waals surface area contributed by atoms with Crippen molar-refractivity contribution in [3.63, 3.8) is 0 Å². The Morgan fingerprint density at radius 2 is 1.73 bits per heavy atom. The van der Waals surface area contributed by atoms with Gasteiger partial charge in [-0.05, 0) is 61.4 Å². The molecule has 0 aliphatic heterocycles. The minimum atomic E-state index is -4.37. The molecule has 0 aliphatic rings. The summed E-state index contributed by atoms with van der Waals surface area (Å²) < 4.78 is 59.9. The Hall–Kier alpha value is -2.52. The van der Waals surface area contributed by atoms with Gasteiger partial charge >= 0.3 is 12.3 Å². The first-order chi connectivity index (χ1) is 15.7. The fourth-order valence-electron chi connectivity index (χ4n) is 2.51. The second-order valence-corrected chi connectivity index (χ2v) is 7.79. The van der Waals surface area contributed by atoms with Crippen LogP contribution in [0.5, 0.6) is 11.5 Å². The predicted molar refractivity (Wildman–Crippen MR) is 116 cm³/mol. The second kappa shape index (κ2) is 15.3. The van der Waals surface area contributed by atoms with Gasteiger partial charge in [-0.15, -0.1) is 11.8 Å². The molecule has 0 N–H and O–H groups in total. The summed E-state index contributed by atoms with van der Waals surface area (Å²) in [7, 11) is 1.53. The number of halogens is 3. The van der Waals surface area contributed by atoms with E-state index in [1.165, 1.54) is 19.2 Å². The largest absolute Gasteiger partial charge is 0.493 e. The van der Waals surface area contributed by atoms with E-state index in [1.807, 2.05) is 19.1 Å². The Balaban J connectivity index is 0.00000172. The molecule has 1 unspecified atom stereocenters. The van der Waals surface area contributed by atoms with Crippen molar-refractivity contribution in [1.82, 2.24) is 0 Å². The molecule has 2 aromatic carbocycles. The normalized spacial score (nSPS) is 11.7. The van der Waals surface area contributed by atoms with Gasteiger partial charge < -0.3 is 18.9 Å². The van der Waals surface area contributed by atoms with E-state index in [0.29, 0.717) is 18.1 Å². The molecule has 0 radical (unpaired) electrons. The van der Waals surface area contributed by atoms with E-state index in [0.717, 1.165) is 34.8 Å². The number of aryl methyl sites for hydroxylation is 1. The van der Waals surface area contributed by atoms with Crippen LogP contribution in [0.2, 0.25) is 0 Å². The highest BCUT2D eigenvalue weighted by atomic mass is 32.2. The molecular formula is C23H27F3O6S. The zero-order valence-electron chi connectivity index (χ0n) is 18.6. The average molecular weight is 489 g/mol. The van der Waals surface area contributed by atoms with E-state index < -0.39 is 11.7 Å². The molecule has 33 heavy (non-hydrogen) atoms.